The van der Waals surface area contributed by atoms with Crippen LogP contribution in [-0.4, -0.2) is 46.5 Å². The quantitative estimate of drug-likeness (QED) is 0.585. The maximum absolute atomic E-state index is 11.2. The number of aliphatic carboxylic acids is 1. The zero-order valence-corrected chi connectivity index (χ0v) is 7.10. The number of carboxylic acids is 1. The van der Waals surface area contributed by atoms with E-state index in [4.69, 9.17) is 10.2 Å². The fourth-order valence-corrected chi connectivity index (χ4v) is 1.20. The minimum absolute atomic E-state index is 0.105. The van der Waals surface area contributed by atoms with Crippen molar-refractivity contribution in [2.24, 2.45) is 11.0 Å². The van der Waals surface area contributed by atoms with E-state index in [1.54, 1.807) is 0 Å². The Kier molecular flexibility index (Phi) is 2.62. The highest BCUT2D eigenvalue weighted by molar-refractivity contribution is 6.41. The average molecular weight is 186 g/mol. The highest BCUT2D eigenvalue weighted by atomic mass is 16.4. The van der Waals surface area contributed by atoms with Gasteiger partial charge in [0.1, 0.15) is 0 Å². The number of hydrogen-bond acceptors (Lipinski definition) is 4. The van der Waals surface area contributed by atoms with E-state index in [0.29, 0.717) is 0 Å². The van der Waals surface area contributed by atoms with E-state index in [-0.39, 0.29) is 24.6 Å². The predicted octanol–water partition coefficient (Wildman–Crippen LogP) is -1.10. The van der Waals surface area contributed by atoms with Gasteiger partial charge in [-0.15, -0.1) is 0 Å². The number of amides is 1. The summed E-state index contributed by atoms with van der Waals surface area (Å²) in [7, 11) is 1.39. The van der Waals surface area contributed by atoms with Crippen LogP contribution in [0, 0.1) is 5.92 Å². The SMILES string of the molecule is CN1N=C(C(=O)O)[C@H](CCO)C1=O. The maximum Gasteiger partial charge on any atom is 0.352 e. The van der Waals surface area contributed by atoms with Gasteiger partial charge < -0.3 is 10.2 Å². The van der Waals surface area contributed by atoms with Gasteiger partial charge in [-0.1, -0.05) is 0 Å². The molecule has 0 saturated carbocycles. The average Bonchev–Trinajstić information content (AvgIpc) is 2.33. The Labute approximate surface area is 74.5 Å². The van der Waals surface area contributed by atoms with E-state index in [1.165, 1.54) is 7.05 Å². The molecule has 6 heteroatoms. The van der Waals surface area contributed by atoms with Gasteiger partial charge in [0.05, 0.1) is 5.92 Å². The van der Waals surface area contributed by atoms with E-state index in [1.807, 2.05) is 0 Å². The molecule has 1 aliphatic heterocycles. The van der Waals surface area contributed by atoms with Crippen LogP contribution >= 0.6 is 0 Å². The van der Waals surface area contributed by atoms with Crippen molar-refractivity contribution in [2.45, 2.75) is 6.42 Å². The van der Waals surface area contributed by atoms with E-state index in [0.717, 1.165) is 5.01 Å². The third-order valence-electron chi connectivity index (χ3n) is 1.84. The Morgan fingerprint density at radius 2 is 2.31 bits per heavy atom. The first kappa shape index (κ1) is 9.66. The third kappa shape index (κ3) is 1.67. The summed E-state index contributed by atoms with van der Waals surface area (Å²) in [6.45, 7) is -0.226. The molecule has 0 aromatic carbocycles. The maximum atomic E-state index is 11.2. The molecular weight excluding hydrogens is 176 g/mol. The largest absolute Gasteiger partial charge is 0.477 e. The Bertz CT molecular complexity index is 274. The number of aliphatic hydroxyl groups excluding tert-OH is 1. The second kappa shape index (κ2) is 3.53. The molecule has 2 N–H and O–H groups in total. The molecule has 0 radical (unpaired) electrons. The summed E-state index contributed by atoms with van der Waals surface area (Å²) in [5.41, 5.74) is -0.193. The molecule has 0 fully saturated rings. The van der Waals surface area contributed by atoms with Crippen molar-refractivity contribution in [3.8, 4) is 0 Å². The molecule has 0 saturated heterocycles. The lowest BCUT2D eigenvalue weighted by molar-refractivity contribution is -0.132. The van der Waals surface area contributed by atoms with Crippen molar-refractivity contribution in [3.05, 3.63) is 0 Å². The summed E-state index contributed by atoms with van der Waals surface area (Å²) in [6, 6.07) is 0. The first-order chi connectivity index (χ1) is 6.07. The number of carbonyl (C=O) groups excluding carboxylic acids is 1. The molecule has 72 valence electrons. The monoisotopic (exact) mass is 186 g/mol. The van der Waals surface area contributed by atoms with Crippen molar-refractivity contribution >= 4 is 17.6 Å². The van der Waals surface area contributed by atoms with Gasteiger partial charge in [-0.2, -0.15) is 5.10 Å². The number of carbonyl (C=O) groups is 2. The van der Waals surface area contributed by atoms with Gasteiger partial charge in [-0.3, -0.25) is 4.79 Å². The van der Waals surface area contributed by atoms with Crippen LogP contribution in [0.15, 0.2) is 5.10 Å². The standard InChI is InChI=1S/C7H10N2O4/c1-9-6(11)4(2-3-10)5(8-9)7(12)13/h4,10H,2-3H2,1H3,(H,12,13)/t4-/m0/s1. The summed E-state index contributed by atoms with van der Waals surface area (Å²) in [5, 5.41) is 21.8. The molecule has 0 aromatic heterocycles. The minimum atomic E-state index is -1.21. The molecule has 0 aromatic rings. The first-order valence-corrected chi connectivity index (χ1v) is 3.78. The van der Waals surface area contributed by atoms with Crippen LogP contribution in [0.2, 0.25) is 0 Å². The molecular formula is C7H10N2O4. The van der Waals surface area contributed by atoms with Crippen LogP contribution in [0.25, 0.3) is 0 Å². The van der Waals surface area contributed by atoms with Crippen molar-refractivity contribution in [1.82, 2.24) is 5.01 Å². The molecule has 1 rings (SSSR count). The number of hydrogen-bond donors (Lipinski definition) is 2. The number of rotatable bonds is 3. The van der Waals surface area contributed by atoms with Crippen LogP contribution in [0.4, 0.5) is 0 Å². The minimum Gasteiger partial charge on any atom is -0.477 e. The van der Waals surface area contributed by atoms with Gasteiger partial charge in [-0.05, 0) is 6.42 Å². The number of nitrogens with zero attached hydrogens (tertiary/aromatic N) is 2. The van der Waals surface area contributed by atoms with E-state index < -0.39 is 11.9 Å². The van der Waals surface area contributed by atoms with Crippen LogP contribution in [0.5, 0.6) is 0 Å². The van der Waals surface area contributed by atoms with Crippen LogP contribution in [0.3, 0.4) is 0 Å². The van der Waals surface area contributed by atoms with Crippen LogP contribution in [0.1, 0.15) is 6.42 Å². The Balaban J connectivity index is 2.86. The van der Waals surface area contributed by atoms with E-state index >= 15 is 0 Å². The number of carboxylic acid groups (broad SMARTS) is 1. The Hall–Kier alpha value is -1.43. The zero-order valence-electron chi connectivity index (χ0n) is 7.10. The fraction of sp³-hybridized carbons (Fsp3) is 0.571. The third-order valence-corrected chi connectivity index (χ3v) is 1.84. The lowest BCUT2D eigenvalue weighted by atomic mass is 10.0. The Morgan fingerprint density at radius 3 is 2.77 bits per heavy atom. The molecule has 0 bridgehead atoms. The molecule has 13 heavy (non-hydrogen) atoms. The van der Waals surface area contributed by atoms with Gasteiger partial charge in [0.15, 0.2) is 5.71 Å². The number of hydrazone groups is 1. The van der Waals surface area contributed by atoms with Gasteiger partial charge in [0.2, 0.25) is 0 Å². The predicted molar refractivity (Wildman–Crippen MR) is 43.0 cm³/mol. The lowest BCUT2D eigenvalue weighted by Crippen LogP contribution is -2.28. The van der Waals surface area contributed by atoms with Crippen molar-refractivity contribution in [1.29, 1.82) is 0 Å². The lowest BCUT2D eigenvalue weighted by Gasteiger charge is -2.06. The van der Waals surface area contributed by atoms with Crippen molar-refractivity contribution in [2.75, 3.05) is 13.7 Å². The second-order valence-corrected chi connectivity index (χ2v) is 2.72. The van der Waals surface area contributed by atoms with E-state index in [2.05, 4.69) is 5.10 Å². The summed E-state index contributed by atoms with van der Waals surface area (Å²) in [5.74, 6) is -2.39. The first-order valence-electron chi connectivity index (χ1n) is 3.78. The Morgan fingerprint density at radius 1 is 1.69 bits per heavy atom. The summed E-state index contributed by atoms with van der Waals surface area (Å²) < 4.78 is 0. The highest BCUT2D eigenvalue weighted by Crippen LogP contribution is 2.17. The molecule has 0 spiro atoms. The van der Waals surface area contributed by atoms with Gasteiger partial charge in [0.25, 0.3) is 5.91 Å². The second-order valence-electron chi connectivity index (χ2n) is 2.72. The van der Waals surface area contributed by atoms with Crippen LogP contribution in [-0.2, 0) is 9.59 Å². The van der Waals surface area contributed by atoms with Gasteiger partial charge >= 0.3 is 5.97 Å². The topological polar surface area (TPSA) is 90.2 Å². The van der Waals surface area contributed by atoms with Crippen molar-refractivity contribution < 1.29 is 19.8 Å². The smallest absolute Gasteiger partial charge is 0.352 e. The van der Waals surface area contributed by atoms with Gasteiger partial charge in [0, 0.05) is 13.7 Å². The molecule has 1 amide bonds. The summed E-state index contributed by atoms with van der Waals surface area (Å²) in [4.78, 5) is 21.8. The molecule has 1 atom stereocenters. The molecule has 0 unspecified atom stereocenters. The van der Waals surface area contributed by atoms with Gasteiger partial charge in [-0.25, -0.2) is 9.80 Å². The normalized spacial score (nSPS) is 22.0. The molecule has 0 aliphatic carbocycles. The summed E-state index contributed by atoms with van der Waals surface area (Å²) >= 11 is 0. The molecule has 1 aliphatic rings. The highest BCUT2D eigenvalue weighted by Gasteiger charge is 2.37. The molecule has 1 heterocycles. The van der Waals surface area contributed by atoms with Crippen molar-refractivity contribution in [3.63, 3.8) is 0 Å². The fourth-order valence-electron chi connectivity index (χ4n) is 1.20. The van der Waals surface area contributed by atoms with Crippen LogP contribution < -0.4 is 0 Å². The van der Waals surface area contributed by atoms with E-state index in [9.17, 15) is 9.59 Å². The summed E-state index contributed by atoms with van der Waals surface area (Å²) in [6.07, 6.45) is 0.105. The number of aliphatic hydroxyl groups is 1. The molecule has 6 nitrogen and oxygen atoms in total. The zero-order chi connectivity index (χ0) is 10.0.